The van der Waals surface area contributed by atoms with Crippen molar-refractivity contribution < 1.29 is 21.3 Å². The van der Waals surface area contributed by atoms with Crippen molar-refractivity contribution in [3.8, 4) is 0 Å². The van der Waals surface area contributed by atoms with Crippen molar-refractivity contribution in [1.29, 1.82) is 0 Å². The first-order valence-electron chi connectivity index (χ1n) is 5.32. The van der Waals surface area contributed by atoms with E-state index in [1.54, 1.807) is 0 Å². The normalized spacial score (nSPS) is 23.3. The smallest absolute Gasteiger partial charge is 0.271 e. The molecule has 9 heteroatoms. The second-order valence-electron chi connectivity index (χ2n) is 4.25. The van der Waals surface area contributed by atoms with Gasteiger partial charge in [-0.25, -0.2) is 22.0 Å². The summed E-state index contributed by atoms with van der Waals surface area (Å²) in [5.74, 6) is 0.699. The molecule has 102 valence electrons. The van der Waals surface area contributed by atoms with Crippen LogP contribution in [-0.4, -0.2) is 34.4 Å². The molecule has 0 bridgehead atoms. The van der Waals surface area contributed by atoms with Gasteiger partial charge in [-0.15, -0.1) is 0 Å². The van der Waals surface area contributed by atoms with Crippen molar-refractivity contribution in [3.63, 3.8) is 0 Å². The topological polar surface area (TPSA) is 119 Å². The second-order valence-corrected chi connectivity index (χ2v) is 7.97. The van der Waals surface area contributed by atoms with Crippen LogP contribution >= 0.6 is 0 Å². The fourth-order valence-electron chi connectivity index (χ4n) is 1.81. The first kappa shape index (κ1) is 13.5. The molecule has 1 unspecified atom stereocenters. The van der Waals surface area contributed by atoms with Gasteiger partial charge in [0.1, 0.15) is 5.76 Å². The van der Waals surface area contributed by atoms with Gasteiger partial charge in [0.25, 0.3) is 10.0 Å². The third kappa shape index (κ3) is 3.31. The van der Waals surface area contributed by atoms with E-state index < -0.39 is 19.9 Å². The van der Waals surface area contributed by atoms with Crippen molar-refractivity contribution in [2.75, 3.05) is 11.5 Å². The Kier molecular flexibility index (Phi) is 3.49. The Morgan fingerprint density at radius 2 is 2.17 bits per heavy atom. The van der Waals surface area contributed by atoms with Crippen LogP contribution in [0.15, 0.2) is 21.6 Å². The predicted octanol–water partition coefficient (Wildman–Crippen LogP) is -0.796. The minimum Gasteiger partial charge on any atom is -0.447 e. The summed E-state index contributed by atoms with van der Waals surface area (Å²) in [4.78, 5) is 0. The molecule has 1 aliphatic heterocycles. The summed E-state index contributed by atoms with van der Waals surface area (Å²) < 4.78 is 49.4. The Morgan fingerprint density at radius 1 is 1.44 bits per heavy atom. The average molecular weight is 294 g/mol. The number of rotatable bonds is 4. The van der Waals surface area contributed by atoms with E-state index in [1.807, 2.05) is 0 Å². The van der Waals surface area contributed by atoms with Crippen LogP contribution in [0.25, 0.3) is 0 Å². The highest BCUT2D eigenvalue weighted by Crippen LogP contribution is 2.14. The minimum atomic E-state index is -3.83. The summed E-state index contributed by atoms with van der Waals surface area (Å²) in [5.41, 5.74) is 0. The number of nitrogens with two attached hydrogens (primary N) is 1. The Morgan fingerprint density at radius 3 is 2.67 bits per heavy atom. The Balaban J connectivity index is 1.94. The molecule has 0 aliphatic carbocycles. The number of hydrogen-bond donors (Lipinski definition) is 2. The highest BCUT2D eigenvalue weighted by molar-refractivity contribution is 7.91. The maximum Gasteiger partial charge on any atom is 0.271 e. The molecule has 1 aliphatic rings. The average Bonchev–Trinajstić information content (AvgIpc) is 2.80. The number of hydrogen-bond acceptors (Lipinski definition) is 6. The van der Waals surface area contributed by atoms with E-state index in [0.29, 0.717) is 12.2 Å². The van der Waals surface area contributed by atoms with Gasteiger partial charge in [-0.1, -0.05) is 0 Å². The molecular weight excluding hydrogens is 280 g/mol. The first-order chi connectivity index (χ1) is 8.26. The molecule has 1 aromatic rings. The zero-order valence-corrected chi connectivity index (χ0v) is 11.1. The highest BCUT2D eigenvalue weighted by atomic mass is 32.2. The quantitative estimate of drug-likeness (QED) is 0.750. The standard InChI is InChI=1S/C9H14N2O5S2/c10-18(14,15)9-2-1-8(16-9)5-11-7-3-4-17(12,13)6-7/h1-2,7,11H,3-6H2,(H2,10,14,15). The van der Waals surface area contributed by atoms with Crippen LogP contribution in [-0.2, 0) is 26.4 Å². The molecule has 0 radical (unpaired) electrons. The van der Waals surface area contributed by atoms with Crippen molar-refractivity contribution in [2.45, 2.75) is 24.1 Å². The van der Waals surface area contributed by atoms with Gasteiger partial charge in [-0.05, 0) is 18.6 Å². The molecule has 0 aromatic carbocycles. The third-order valence-electron chi connectivity index (χ3n) is 2.71. The van der Waals surface area contributed by atoms with Gasteiger partial charge in [-0.2, -0.15) is 0 Å². The summed E-state index contributed by atoms with van der Waals surface area (Å²) in [6, 6.07) is 2.66. The second kappa shape index (κ2) is 4.65. The lowest BCUT2D eigenvalue weighted by Gasteiger charge is -2.08. The number of nitrogens with one attached hydrogen (secondary N) is 1. The monoisotopic (exact) mass is 294 g/mol. The van der Waals surface area contributed by atoms with E-state index in [4.69, 9.17) is 9.56 Å². The summed E-state index contributed by atoms with van der Waals surface area (Å²) in [6.07, 6.45) is 0.561. The van der Waals surface area contributed by atoms with Crippen LogP contribution in [0.3, 0.4) is 0 Å². The highest BCUT2D eigenvalue weighted by Gasteiger charge is 2.27. The van der Waals surface area contributed by atoms with E-state index in [-0.39, 0.29) is 29.2 Å². The molecule has 1 atom stereocenters. The van der Waals surface area contributed by atoms with E-state index in [2.05, 4.69) is 5.32 Å². The maximum absolute atomic E-state index is 11.2. The molecule has 1 aromatic heterocycles. The Hall–Kier alpha value is -0.900. The van der Waals surface area contributed by atoms with Gasteiger partial charge in [0, 0.05) is 6.04 Å². The summed E-state index contributed by atoms with van der Waals surface area (Å²) in [7, 11) is -6.76. The molecule has 1 saturated heterocycles. The van der Waals surface area contributed by atoms with Crippen LogP contribution < -0.4 is 10.5 Å². The maximum atomic E-state index is 11.2. The summed E-state index contributed by atoms with van der Waals surface area (Å²) in [6.45, 7) is 0.274. The molecule has 18 heavy (non-hydrogen) atoms. The fourth-order valence-corrected chi connectivity index (χ4v) is 4.00. The number of sulfonamides is 1. The molecular formula is C9H14N2O5S2. The number of primary sulfonamides is 1. The molecule has 0 spiro atoms. The van der Waals surface area contributed by atoms with Gasteiger partial charge in [0.05, 0.1) is 18.1 Å². The zero-order valence-electron chi connectivity index (χ0n) is 9.50. The van der Waals surface area contributed by atoms with E-state index >= 15 is 0 Å². The minimum absolute atomic E-state index is 0.107. The van der Waals surface area contributed by atoms with Crippen LogP contribution in [0.5, 0.6) is 0 Å². The van der Waals surface area contributed by atoms with Crippen LogP contribution in [0.4, 0.5) is 0 Å². The lowest BCUT2D eigenvalue weighted by atomic mass is 10.2. The number of sulfone groups is 1. The van der Waals surface area contributed by atoms with Gasteiger partial charge in [-0.3, -0.25) is 0 Å². The molecule has 7 nitrogen and oxygen atoms in total. The summed E-state index contributed by atoms with van der Waals surface area (Å²) >= 11 is 0. The van der Waals surface area contributed by atoms with Crippen molar-refractivity contribution in [1.82, 2.24) is 5.32 Å². The van der Waals surface area contributed by atoms with Crippen molar-refractivity contribution >= 4 is 19.9 Å². The molecule has 2 rings (SSSR count). The first-order valence-corrected chi connectivity index (χ1v) is 8.68. The van der Waals surface area contributed by atoms with Crippen molar-refractivity contribution in [3.05, 3.63) is 17.9 Å². The van der Waals surface area contributed by atoms with E-state index in [9.17, 15) is 16.8 Å². The SMILES string of the molecule is NS(=O)(=O)c1ccc(CNC2CCS(=O)(=O)C2)o1. The third-order valence-corrected chi connectivity index (χ3v) is 5.26. The lowest BCUT2D eigenvalue weighted by molar-refractivity contribution is 0.393. The van der Waals surface area contributed by atoms with Gasteiger partial charge >= 0.3 is 0 Å². The molecule has 0 saturated carbocycles. The largest absolute Gasteiger partial charge is 0.447 e. The predicted molar refractivity (Wildman–Crippen MR) is 64.0 cm³/mol. The lowest BCUT2D eigenvalue weighted by Crippen LogP contribution is -2.29. The zero-order chi connectivity index (χ0) is 13.4. The molecule has 0 amide bonds. The van der Waals surface area contributed by atoms with E-state index in [0.717, 1.165) is 0 Å². The van der Waals surface area contributed by atoms with Gasteiger partial charge in [0.15, 0.2) is 9.84 Å². The van der Waals surface area contributed by atoms with E-state index in [1.165, 1.54) is 12.1 Å². The Bertz CT molecular complexity index is 632. The molecule has 1 fully saturated rings. The van der Waals surface area contributed by atoms with Gasteiger partial charge < -0.3 is 9.73 Å². The molecule has 2 heterocycles. The van der Waals surface area contributed by atoms with Gasteiger partial charge in [0.2, 0.25) is 5.09 Å². The van der Waals surface area contributed by atoms with Crippen LogP contribution in [0.2, 0.25) is 0 Å². The van der Waals surface area contributed by atoms with Crippen LogP contribution in [0.1, 0.15) is 12.2 Å². The number of furan rings is 1. The summed E-state index contributed by atoms with van der Waals surface area (Å²) in [5, 5.41) is 7.62. The Labute approximate surface area is 105 Å². The van der Waals surface area contributed by atoms with Crippen molar-refractivity contribution in [2.24, 2.45) is 5.14 Å². The molecule has 3 N–H and O–H groups in total. The fraction of sp³-hybridized carbons (Fsp3) is 0.556. The van der Waals surface area contributed by atoms with Crippen LogP contribution in [0, 0.1) is 0 Å².